The quantitative estimate of drug-likeness (QED) is 0.794. The largest absolute Gasteiger partial charge is 0.481 e. The van der Waals surface area contributed by atoms with E-state index in [1.165, 1.54) is 0 Å². The summed E-state index contributed by atoms with van der Waals surface area (Å²) in [5.74, 6) is -2.21. The normalized spacial score (nSPS) is 21.2. The lowest BCUT2D eigenvalue weighted by molar-refractivity contribution is -0.137. The fraction of sp³-hybridized carbons (Fsp3) is 0.429. The van der Waals surface area contributed by atoms with E-state index in [2.05, 4.69) is 21.2 Å². The van der Waals surface area contributed by atoms with Crippen molar-refractivity contribution in [1.82, 2.24) is 5.32 Å². The Morgan fingerprint density at radius 2 is 2.14 bits per heavy atom. The average molecular weight is 390 g/mol. The van der Waals surface area contributed by atoms with Crippen molar-refractivity contribution in [2.24, 2.45) is 5.92 Å². The van der Waals surface area contributed by atoms with Gasteiger partial charge in [-0.05, 0) is 24.1 Å². The van der Waals surface area contributed by atoms with Gasteiger partial charge in [0, 0.05) is 4.47 Å². The van der Waals surface area contributed by atoms with E-state index in [4.69, 9.17) is 5.11 Å². The Labute approximate surface area is 137 Å². The smallest absolute Gasteiger partial charge is 0.305 e. The first kappa shape index (κ1) is 17.0. The van der Waals surface area contributed by atoms with Crippen molar-refractivity contribution in [3.05, 3.63) is 34.3 Å². The monoisotopic (exact) mass is 389 g/mol. The molecule has 0 unspecified atom stereocenters. The highest BCUT2D eigenvalue weighted by Crippen LogP contribution is 2.24. The first-order valence-electron chi connectivity index (χ1n) is 6.75. The Balaban J connectivity index is 2.13. The summed E-state index contributed by atoms with van der Waals surface area (Å²) >= 11 is 3.30. The predicted octanol–water partition coefficient (Wildman–Crippen LogP) is 1.52. The van der Waals surface area contributed by atoms with Crippen molar-refractivity contribution in [1.29, 1.82) is 0 Å². The molecular formula is C14H16BrNO5S. The van der Waals surface area contributed by atoms with E-state index < -0.39 is 33.7 Å². The minimum Gasteiger partial charge on any atom is -0.481 e. The van der Waals surface area contributed by atoms with Gasteiger partial charge in [-0.3, -0.25) is 9.59 Å². The van der Waals surface area contributed by atoms with E-state index in [0.717, 1.165) is 4.47 Å². The van der Waals surface area contributed by atoms with Crippen LogP contribution in [0.5, 0.6) is 0 Å². The van der Waals surface area contributed by atoms with Crippen LogP contribution in [-0.2, 0) is 19.4 Å². The summed E-state index contributed by atoms with van der Waals surface area (Å²) in [5, 5.41) is 11.7. The molecule has 1 saturated heterocycles. The molecular weight excluding hydrogens is 374 g/mol. The summed E-state index contributed by atoms with van der Waals surface area (Å²) in [5.41, 5.74) is 0.658. The van der Waals surface area contributed by atoms with E-state index in [0.29, 0.717) is 5.56 Å². The number of hydrogen-bond acceptors (Lipinski definition) is 4. The number of benzene rings is 1. The molecule has 1 aliphatic rings. The molecule has 0 radical (unpaired) electrons. The molecule has 0 aromatic heterocycles. The number of nitrogens with one attached hydrogen (secondary N) is 1. The number of aliphatic carboxylic acids is 1. The van der Waals surface area contributed by atoms with Crippen LogP contribution in [0.2, 0.25) is 0 Å². The van der Waals surface area contributed by atoms with Gasteiger partial charge >= 0.3 is 5.97 Å². The predicted molar refractivity (Wildman–Crippen MR) is 84.0 cm³/mol. The molecule has 0 spiro atoms. The lowest BCUT2D eigenvalue weighted by Gasteiger charge is -2.19. The fourth-order valence-electron chi connectivity index (χ4n) is 2.44. The Morgan fingerprint density at radius 1 is 1.41 bits per heavy atom. The summed E-state index contributed by atoms with van der Waals surface area (Å²) in [6.45, 7) is 0. The molecule has 2 rings (SSSR count). The van der Waals surface area contributed by atoms with Crippen LogP contribution < -0.4 is 5.32 Å². The Bertz CT molecular complexity index is 688. The highest BCUT2D eigenvalue weighted by atomic mass is 79.9. The van der Waals surface area contributed by atoms with Crippen molar-refractivity contribution in [2.45, 2.75) is 18.9 Å². The maximum absolute atomic E-state index is 12.2. The molecule has 6 nitrogen and oxygen atoms in total. The van der Waals surface area contributed by atoms with E-state index in [1.54, 1.807) is 24.3 Å². The summed E-state index contributed by atoms with van der Waals surface area (Å²) in [7, 11) is -3.16. The van der Waals surface area contributed by atoms with Gasteiger partial charge in [0.05, 0.1) is 29.9 Å². The number of carbonyl (C=O) groups excluding carboxylic acids is 1. The van der Waals surface area contributed by atoms with Crippen molar-refractivity contribution in [2.75, 3.05) is 11.5 Å². The number of rotatable bonds is 5. The van der Waals surface area contributed by atoms with Crippen LogP contribution in [0.15, 0.2) is 28.7 Å². The molecule has 1 aromatic carbocycles. The fourth-order valence-corrected chi connectivity index (χ4v) is 4.60. The summed E-state index contributed by atoms with van der Waals surface area (Å²) < 4.78 is 23.7. The highest BCUT2D eigenvalue weighted by molar-refractivity contribution is 9.10. The maximum Gasteiger partial charge on any atom is 0.305 e. The number of hydrogen-bond donors (Lipinski definition) is 2. The second-order valence-electron chi connectivity index (χ2n) is 5.31. The molecule has 1 fully saturated rings. The second-order valence-corrected chi connectivity index (χ2v) is 8.46. The Kier molecular flexibility index (Phi) is 5.23. The maximum atomic E-state index is 12.2. The molecule has 1 heterocycles. The highest BCUT2D eigenvalue weighted by Gasteiger charge is 2.34. The van der Waals surface area contributed by atoms with Gasteiger partial charge in [-0.2, -0.15) is 0 Å². The molecule has 120 valence electrons. The van der Waals surface area contributed by atoms with Gasteiger partial charge < -0.3 is 10.4 Å². The zero-order valence-corrected chi connectivity index (χ0v) is 14.1. The van der Waals surface area contributed by atoms with Gasteiger partial charge in [-0.15, -0.1) is 0 Å². The van der Waals surface area contributed by atoms with Gasteiger partial charge in [-0.25, -0.2) is 8.42 Å². The van der Waals surface area contributed by atoms with Gasteiger partial charge in [-0.1, -0.05) is 28.1 Å². The number of sulfone groups is 1. The van der Waals surface area contributed by atoms with Gasteiger partial charge in [0.1, 0.15) is 0 Å². The van der Waals surface area contributed by atoms with Crippen molar-refractivity contribution >= 4 is 37.6 Å². The second kappa shape index (κ2) is 6.78. The van der Waals surface area contributed by atoms with Gasteiger partial charge in [0.2, 0.25) is 5.91 Å². The molecule has 1 aliphatic heterocycles. The molecule has 2 N–H and O–H groups in total. The first-order chi connectivity index (χ1) is 10.3. The van der Waals surface area contributed by atoms with Crippen LogP contribution in [0.4, 0.5) is 0 Å². The van der Waals surface area contributed by atoms with Crippen LogP contribution in [-0.4, -0.2) is 36.9 Å². The number of carboxylic acid groups (broad SMARTS) is 1. The zero-order chi connectivity index (χ0) is 16.3. The molecule has 2 atom stereocenters. The summed E-state index contributed by atoms with van der Waals surface area (Å²) in [6.07, 6.45) is 0.0219. The van der Waals surface area contributed by atoms with Crippen LogP contribution in [0, 0.1) is 5.92 Å². The van der Waals surface area contributed by atoms with E-state index >= 15 is 0 Å². The standard InChI is InChI=1S/C14H16BrNO5S/c15-11-3-1-2-9(6-11)12(7-13(17)18)16-14(19)10-4-5-22(20,21)8-10/h1-3,6,10,12H,4-5,7-8H2,(H,16,19)(H,17,18)/t10-,12+/m0/s1. The van der Waals surface area contributed by atoms with Crippen LogP contribution >= 0.6 is 15.9 Å². The molecule has 22 heavy (non-hydrogen) atoms. The van der Waals surface area contributed by atoms with E-state index in [1.807, 2.05) is 0 Å². The summed E-state index contributed by atoms with van der Waals surface area (Å²) in [4.78, 5) is 23.2. The topological polar surface area (TPSA) is 101 Å². The third-order valence-corrected chi connectivity index (χ3v) is 5.81. The molecule has 8 heteroatoms. The number of carboxylic acids is 1. The summed E-state index contributed by atoms with van der Waals surface area (Å²) in [6, 6.07) is 6.32. The molecule has 1 aromatic rings. The van der Waals surface area contributed by atoms with Crippen LogP contribution in [0.25, 0.3) is 0 Å². The lowest BCUT2D eigenvalue weighted by atomic mass is 10.0. The molecule has 0 saturated carbocycles. The first-order valence-corrected chi connectivity index (χ1v) is 9.36. The third kappa shape index (κ3) is 4.54. The SMILES string of the molecule is O=C(O)C[C@@H](NC(=O)[C@H]1CCS(=O)(=O)C1)c1cccc(Br)c1. The van der Waals surface area contributed by atoms with Gasteiger partial charge in [0.15, 0.2) is 9.84 Å². The van der Waals surface area contributed by atoms with Gasteiger partial charge in [0.25, 0.3) is 0 Å². The third-order valence-electron chi connectivity index (χ3n) is 3.55. The van der Waals surface area contributed by atoms with E-state index in [9.17, 15) is 18.0 Å². The number of carbonyl (C=O) groups is 2. The minimum atomic E-state index is -3.16. The van der Waals surface area contributed by atoms with E-state index in [-0.39, 0.29) is 24.3 Å². The Morgan fingerprint density at radius 3 is 2.68 bits per heavy atom. The van der Waals surface area contributed by atoms with Crippen molar-refractivity contribution in [3.63, 3.8) is 0 Å². The number of halogens is 1. The van der Waals surface area contributed by atoms with Crippen molar-refractivity contribution < 1.29 is 23.1 Å². The Hall–Kier alpha value is -1.41. The number of amides is 1. The van der Waals surface area contributed by atoms with Crippen LogP contribution in [0.1, 0.15) is 24.4 Å². The van der Waals surface area contributed by atoms with Crippen molar-refractivity contribution in [3.8, 4) is 0 Å². The molecule has 0 bridgehead atoms. The molecule has 1 amide bonds. The average Bonchev–Trinajstić information content (AvgIpc) is 2.78. The zero-order valence-electron chi connectivity index (χ0n) is 11.7. The van der Waals surface area contributed by atoms with Crippen LogP contribution in [0.3, 0.4) is 0 Å². The minimum absolute atomic E-state index is 0.00552. The molecule has 0 aliphatic carbocycles. The lowest BCUT2D eigenvalue weighted by Crippen LogP contribution is -2.35.